The van der Waals surface area contributed by atoms with Gasteiger partial charge in [-0.05, 0) is 6.26 Å². The Labute approximate surface area is 37.0 Å². The van der Waals surface area contributed by atoms with Crippen molar-refractivity contribution >= 4 is 11.8 Å². The fourth-order valence-electron chi connectivity index (χ4n) is 0.0680. The Bertz CT molecular complexity index is 42.1. The van der Waals surface area contributed by atoms with Crippen LogP contribution in [0.25, 0.3) is 0 Å². The van der Waals surface area contributed by atoms with Crippen LogP contribution in [0.1, 0.15) is 0 Å². The van der Waals surface area contributed by atoms with Crippen LogP contribution in [-0.4, -0.2) is 6.26 Å². The van der Waals surface area contributed by atoms with Crippen LogP contribution in [0.5, 0.6) is 0 Å². The van der Waals surface area contributed by atoms with Crippen LogP contribution in [0.2, 0.25) is 0 Å². The summed E-state index contributed by atoms with van der Waals surface area (Å²) in [5, 5.41) is 0. The highest BCUT2D eigenvalue weighted by molar-refractivity contribution is 8.00. The minimum atomic E-state index is 1.54. The van der Waals surface area contributed by atoms with Crippen LogP contribution in [0.3, 0.4) is 0 Å². The van der Waals surface area contributed by atoms with E-state index in [0.717, 1.165) is 0 Å². The van der Waals surface area contributed by atoms with Gasteiger partial charge in [-0.15, -0.1) is 18.2 Å². The first kappa shape index (κ1) is 4.91. The highest BCUT2D eigenvalue weighted by Crippen LogP contribution is 1.92. The summed E-state index contributed by atoms with van der Waals surface area (Å²) in [5.41, 5.74) is 0. The van der Waals surface area contributed by atoms with Gasteiger partial charge < -0.3 is 0 Å². The van der Waals surface area contributed by atoms with Crippen molar-refractivity contribution in [2.24, 2.45) is 0 Å². The molecular weight excluding hydrogens is 80.1 g/mol. The molecule has 1 heteroatoms. The number of hydrogen-bond acceptors (Lipinski definition) is 1. The summed E-state index contributed by atoms with van der Waals surface area (Å²) in [7, 11) is 0. The lowest BCUT2D eigenvalue weighted by Gasteiger charge is -1.69. The van der Waals surface area contributed by atoms with Crippen molar-refractivity contribution in [3.63, 3.8) is 0 Å². The molecule has 5 heavy (non-hydrogen) atoms. The lowest BCUT2D eigenvalue weighted by Crippen LogP contribution is -1.47. The Balaban J connectivity index is 2.48. The molecule has 0 aromatic rings. The number of hydrogen-bond donors (Lipinski definition) is 0. The van der Waals surface area contributed by atoms with E-state index in [9.17, 15) is 0 Å². The maximum atomic E-state index is 4.81. The van der Waals surface area contributed by atoms with E-state index < -0.39 is 0 Å². The lowest BCUT2D eigenvalue weighted by molar-refractivity contribution is 2.25. The standard InChI is InChI=1S/C4H5S/c1-3-4-5-2/h1,4H,2H3. The first-order valence-corrected chi connectivity index (χ1v) is 2.51. The molecule has 0 atom stereocenters. The largest absolute Gasteiger partial charge is 0.147 e. The quantitative estimate of drug-likeness (QED) is 0.430. The Morgan fingerprint density at radius 2 is 2.60 bits per heavy atom. The zero-order valence-electron chi connectivity index (χ0n) is 3.06. The summed E-state index contributed by atoms with van der Waals surface area (Å²) in [6, 6.07) is 0. The van der Waals surface area contributed by atoms with Gasteiger partial charge in [0.15, 0.2) is 0 Å². The zero-order valence-corrected chi connectivity index (χ0v) is 3.88. The van der Waals surface area contributed by atoms with E-state index in [-0.39, 0.29) is 0 Å². The van der Waals surface area contributed by atoms with Gasteiger partial charge in [0, 0.05) is 0 Å². The van der Waals surface area contributed by atoms with Gasteiger partial charge in [0.05, 0.1) is 5.75 Å². The monoisotopic (exact) mass is 85.0 g/mol. The topological polar surface area (TPSA) is 0 Å². The van der Waals surface area contributed by atoms with Gasteiger partial charge in [0.1, 0.15) is 0 Å². The summed E-state index contributed by atoms with van der Waals surface area (Å²) in [6.07, 6.45) is 6.74. The van der Waals surface area contributed by atoms with Crippen molar-refractivity contribution in [3.05, 3.63) is 5.75 Å². The van der Waals surface area contributed by atoms with Crippen molar-refractivity contribution < 1.29 is 0 Å². The third-order valence-corrected chi connectivity index (χ3v) is 0.558. The molecule has 0 amide bonds. The highest BCUT2D eigenvalue weighted by Gasteiger charge is 1.62. The smallest absolute Gasteiger partial charge is 0.0880 e. The molecule has 0 aliphatic heterocycles. The molecule has 0 N–H and O–H groups in total. The van der Waals surface area contributed by atoms with E-state index in [4.69, 9.17) is 6.42 Å². The van der Waals surface area contributed by atoms with Crippen LogP contribution >= 0.6 is 11.8 Å². The highest BCUT2D eigenvalue weighted by atomic mass is 32.2. The molecule has 1 radical (unpaired) electrons. The van der Waals surface area contributed by atoms with Gasteiger partial charge in [-0.25, -0.2) is 0 Å². The molecule has 27 valence electrons. The molecule has 0 heterocycles. The molecule has 0 saturated carbocycles. The van der Waals surface area contributed by atoms with Gasteiger partial charge in [0.25, 0.3) is 0 Å². The predicted octanol–water partition coefficient (Wildman–Crippen LogP) is 1.14. The zero-order chi connectivity index (χ0) is 4.12. The van der Waals surface area contributed by atoms with Gasteiger partial charge in [-0.1, -0.05) is 5.92 Å². The molecule has 0 saturated heterocycles. The summed E-state index contributed by atoms with van der Waals surface area (Å²) < 4.78 is 0. The van der Waals surface area contributed by atoms with Crippen molar-refractivity contribution in [1.82, 2.24) is 0 Å². The van der Waals surface area contributed by atoms with Crippen LogP contribution in [-0.2, 0) is 0 Å². The van der Waals surface area contributed by atoms with Crippen molar-refractivity contribution in [2.75, 3.05) is 6.26 Å². The molecule has 0 nitrogen and oxygen atoms in total. The Hall–Kier alpha value is -0.0900. The van der Waals surface area contributed by atoms with E-state index in [1.165, 1.54) is 0 Å². The average Bonchev–Trinajstić information content (AvgIpc) is 1.41. The summed E-state index contributed by atoms with van der Waals surface area (Å²) in [5.74, 6) is 4.05. The van der Waals surface area contributed by atoms with Crippen LogP contribution < -0.4 is 0 Å². The van der Waals surface area contributed by atoms with Gasteiger partial charge in [-0.2, -0.15) is 0 Å². The number of terminal acetylenes is 1. The van der Waals surface area contributed by atoms with Crippen molar-refractivity contribution in [1.29, 1.82) is 0 Å². The van der Waals surface area contributed by atoms with E-state index in [2.05, 4.69) is 5.92 Å². The second kappa shape index (κ2) is 3.91. The molecule has 0 aliphatic carbocycles. The Morgan fingerprint density at radius 3 is 2.60 bits per heavy atom. The Kier molecular flexibility index (Phi) is 3.84. The maximum Gasteiger partial charge on any atom is 0.0880 e. The third-order valence-electron chi connectivity index (χ3n) is 0.186. The van der Waals surface area contributed by atoms with Crippen molar-refractivity contribution in [3.8, 4) is 12.3 Å². The number of thioether (sulfide) groups is 1. The van der Waals surface area contributed by atoms with Crippen molar-refractivity contribution in [2.45, 2.75) is 0 Å². The van der Waals surface area contributed by atoms with Gasteiger partial charge in [-0.3, -0.25) is 0 Å². The number of rotatable bonds is 1. The van der Waals surface area contributed by atoms with Crippen LogP contribution in [0.4, 0.5) is 0 Å². The second-order valence-corrected chi connectivity index (χ2v) is 1.23. The fourth-order valence-corrected chi connectivity index (χ4v) is 0.204. The molecule has 0 aromatic carbocycles. The van der Waals surface area contributed by atoms with E-state index in [1.807, 2.05) is 6.26 Å². The molecule has 0 fully saturated rings. The second-order valence-electron chi connectivity index (χ2n) is 0.520. The van der Waals surface area contributed by atoms with E-state index in [0.29, 0.717) is 0 Å². The first-order valence-electron chi connectivity index (χ1n) is 1.22. The predicted molar refractivity (Wildman–Crippen MR) is 26.6 cm³/mol. The minimum absolute atomic E-state index is 1.54. The molecule has 0 rings (SSSR count). The maximum absolute atomic E-state index is 4.81. The van der Waals surface area contributed by atoms with Crippen LogP contribution in [0.15, 0.2) is 0 Å². The molecule has 0 spiro atoms. The first-order chi connectivity index (χ1) is 2.41. The van der Waals surface area contributed by atoms with Crippen LogP contribution in [0, 0.1) is 18.1 Å². The normalized spacial score (nSPS) is 6.40. The molecule has 0 aromatic heterocycles. The summed E-state index contributed by atoms with van der Waals surface area (Å²) >= 11 is 1.54. The third kappa shape index (κ3) is 3.91. The summed E-state index contributed by atoms with van der Waals surface area (Å²) in [6.45, 7) is 0. The molecule has 0 bridgehead atoms. The van der Waals surface area contributed by atoms with Gasteiger partial charge >= 0.3 is 0 Å². The molecule has 0 aliphatic rings. The fraction of sp³-hybridized carbons (Fsp3) is 0.250. The van der Waals surface area contributed by atoms with E-state index in [1.54, 1.807) is 17.5 Å². The Morgan fingerprint density at radius 1 is 2.00 bits per heavy atom. The minimum Gasteiger partial charge on any atom is -0.147 e. The molecule has 0 unspecified atom stereocenters. The molecular formula is C4H5S. The average molecular weight is 85.2 g/mol. The summed E-state index contributed by atoms with van der Waals surface area (Å²) in [4.78, 5) is 0. The van der Waals surface area contributed by atoms with Gasteiger partial charge in [0.2, 0.25) is 0 Å². The van der Waals surface area contributed by atoms with E-state index >= 15 is 0 Å². The lowest BCUT2D eigenvalue weighted by atomic mass is 10.8. The SMILES string of the molecule is C#C[CH]SC.